The molecular weight excluding hydrogens is 195 g/mol. The summed E-state index contributed by atoms with van der Waals surface area (Å²) in [6, 6.07) is 0. The first kappa shape index (κ1) is 11.4. The average Bonchev–Trinajstić information content (AvgIpc) is 1.80. The molecule has 0 aliphatic heterocycles. The standard InChI is InChI=1S/C5H8F3NO2S/c1-4(10)9-12(11)3-2-5(6,7)8/h2-3H2,1H3,(H,9,10). The van der Waals surface area contributed by atoms with E-state index in [1.807, 2.05) is 4.72 Å². The third-order valence-electron chi connectivity index (χ3n) is 0.828. The molecule has 0 rings (SSSR count). The first-order valence-corrected chi connectivity index (χ1v) is 4.35. The molecule has 0 saturated carbocycles. The van der Waals surface area contributed by atoms with E-state index in [0.29, 0.717) is 0 Å². The maximum absolute atomic E-state index is 11.5. The fourth-order valence-corrected chi connectivity index (χ4v) is 1.26. The van der Waals surface area contributed by atoms with Gasteiger partial charge in [0, 0.05) is 6.92 Å². The Bertz CT molecular complexity index is 192. The van der Waals surface area contributed by atoms with Crippen molar-refractivity contribution in [3.05, 3.63) is 0 Å². The highest BCUT2D eigenvalue weighted by Gasteiger charge is 2.27. The van der Waals surface area contributed by atoms with Crippen molar-refractivity contribution in [3.8, 4) is 0 Å². The van der Waals surface area contributed by atoms with E-state index in [4.69, 9.17) is 0 Å². The van der Waals surface area contributed by atoms with E-state index in [-0.39, 0.29) is 0 Å². The lowest BCUT2D eigenvalue weighted by Gasteiger charge is -2.05. The van der Waals surface area contributed by atoms with Gasteiger partial charge in [-0.2, -0.15) is 13.2 Å². The van der Waals surface area contributed by atoms with Gasteiger partial charge in [0.1, 0.15) is 11.0 Å². The molecule has 0 aliphatic carbocycles. The van der Waals surface area contributed by atoms with Crippen LogP contribution in [0.5, 0.6) is 0 Å². The summed E-state index contributed by atoms with van der Waals surface area (Å²) in [5, 5.41) is 0. The monoisotopic (exact) mass is 203 g/mol. The van der Waals surface area contributed by atoms with Gasteiger partial charge in [-0.05, 0) is 0 Å². The highest BCUT2D eigenvalue weighted by molar-refractivity contribution is 7.83. The molecule has 0 aromatic carbocycles. The number of hydrogen-bond acceptors (Lipinski definition) is 2. The Labute approximate surface area is 69.9 Å². The second kappa shape index (κ2) is 4.44. The first-order chi connectivity index (χ1) is 5.31. The van der Waals surface area contributed by atoms with Gasteiger partial charge in [0.25, 0.3) is 0 Å². The molecule has 1 N–H and O–H groups in total. The zero-order chi connectivity index (χ0) is 9.78. The average molecular weight is 203 g/mol. The van der Waals surface area contributed by atoms with Gasteiger partial charge in [0.15, 0.2) is 0 Å². The van der Waals surface area contributed by atoms with Gasteiger partial charge in [-0.15, -0.1) is 0 Å². The summed E-state index contributed by atoms with van der Waals surface area (Å²) < 4.78 is 46.9. The lowest BCUT2D eigenvalue weighted by atomic mass is 10.5. The van der Waals surface area contributed by atoms with Crippen LogP contribution < -0.4 is 4.72 Å². The molecule has 1 atom stereocenters. The van der Waals surface area contributed by atoms with Crippen molar-refractivity contribution in [2.75, 3.05) is 5.75 Å². The molecule has 7 heteroatoms. The van der Waals surface area contributed by atoms with Crippen LogP contribution in [-0.4, -0.2) is 22.0 Å². The maximum Gasteiger partial charge on any atom is 0.390 e. The molecule has 72 valence electrons. The van der Waals surface area contributed by atoms with Gasteiger partial charge in [-0.25, -0.2) is 4.21 Å². The van der Waals surface area contributed by atoms with Crippen LogP contribution in [0.1, 0.15) is 13.3 Å². The summed E-state index contributed by atoms with van der Waals surface area (Å²) in [4.78, 5) is 10.2. The van der Waals surface area contributed by atoms with Crippen LogP contribution in [-0.2, 0) is 15.8 Å². The Kier molecular flexibility index (Phi) is 4.22. The Balaban J connectivity index is 3.65. The molecule has 0 fully saturated rings. The second-order valence-corrected chi connectivity index (χ2v) is 3.38. The molecule has 0 spiro atoms. The van der Waals surface area contributed by atoms with Crippen LogP contribution in [0.4, 0.5) is 13.2 Å². The summed E-state index contributed by atoms with van der Waals surface area (Å²) in [7, 11) is -1.92. The van der Waals surface area contributed by atoms with E-state index >= 15 is 0 Å². The number of amides is 1. The predicted molar refractivity (Wildman–Crippen MR) is 37.5 cm³/mol. The van der Waals surface area contributed by atoms with Gasteiger partial charge in [-0.3, -0.25) is 9.52 Å². The number of carbonyl (C=O) groups excluding carboxylic acids is 1. The lowest BCUT2D eigenvalue weighted by Crippen LogP contribution is -2.26. The number of rotatable bonds is 3. The first-order valence-electron chi connectivity index (χ1n) is 3.03. The molecule has 1 amide bonds. The normalized spacial score (nSPS) is 14.0. The van der Waals surface area contributed by atoms with Crippen LogP contribution >= 0.6 is 0 Å². The van der Waals surface area contributed by atoms with Crippen molar-refractivity contribution in [2.45, 2.75) is 19.5 Å². The molecule has 0 bridgehead atoms. The fraction of sp³-hybridized carbons (Fsp3) is 0.800. The lowest BCUT2D eigenvalue weighted by molar-refractivity contribution is -0.130. The largest absolute Gasteiger partial charge is 0.390 e. The summed E-state index contributed by atoms with van der Waals surface area (Å²) in [6.45, 7) is 1.09. The molecule has 3 nitrogen and oxygen atoms in total. The number of alkyl halides is 3. The third-order valence-corrected chi connectivity index (χ3v) is 1.92. The van der Waals surface area contributed by atoms with E-state index in [9.17, 15) is 22.2 Å². The number of carbonyl (C=O) groups is 1. The molecule has 0 saturated heterocycles. The minimum absolute atomic E-state index is 0.594. The second-order valence-electron chi connectivity index (χ2n) is 2.07. The number of halogens is 3. The van der Waals surface area contributed by atoms with Crippen molar-refractivity contribution in [1.82, 2.24) is 4.72 Å². The van der Waals surface area contributed by atoms with Gasteiger partial charge < -0.3 is 0 Å². The summed E-state index contributed by atoms with van der Waals surface area (Å²) in [5.74, 6) is -1.20. The molecule has 0 radical (unpaired) electrons. The zero-order valence-electron chi connectivity index (χ0n) is 6.27. The van der Waals surface area contributed by atoms with Gasteiger partial charge in [-0.1, -0.05) is 0 Å². The molecule has 0 aliphatic rings. The number of hydrogen-bond donors (Lipinski definition) is 1. The molecule has 12 heavy (non-hydrogen) atoms. The van der Waals surface area contributed by atoms with E-state index in [2.05, 4.69) is 0 Å². The fourth-order valence-electron chi connectivity index (χ4n) is 0.420. The highest BCUT2D eigenvalue weighted by Crippen LogP contribution is 2.19. The van der Waals surface area contributed by atoms with Gasteiger partial charge in [0.05, 0.1) is 12.2 Å². The van der Waals surface area contributed by atoms with Crippen LogP contribution in [0.25, 0.3) is 0 Å². The van der Waals surface area contributed by atoms with Crippen molar-refractivity contribution in [3.63, 3.8) is 0 Å². The Morgan fingerprint density at radius 1 is 1.50 bits per heavy atom. The van der Waals surface area contributed by atoms with E-state index < -0.39 is 35.2 Å². The van der Waals surface area contributed by atoms with E-state index in [1.165, 1.54) is 0 Å². The van der Waals surface area contributed by atoms with Crippen molar-refractivity contribution < 1.29 is 22.2 Å². The quantitative estimate of drug-likeness (QED) is 0.735. The van der Waals surface area contributed by atoms with Crippen LogP contribution in [0, 0.1) is 0 Å². The Morgan fingerprint density at radius 2 is 2.00 bits per heavy atom. The summed E-state index contributed by atoms with van der Waals surface area (Å²) in [6.07, 6.45) is -5.48. The van der Waals surface area contributed by atoms with E-state index in [1.54, 1.807) is 0 Å². The molecular formula is C5H8F3NO2S. The van der Waals surface area contributed by atoms with Gasteiger partial charge >= 0.3 is 6.18 Å². The van der Waals surface area contributed by atoms with Crippen LogP contribution in [0.3, 0.4) is 0 Å². The molecule has 1 unspecified atom stereocenters. The van der Waals surface area contributed by atoms with Gasteiger partial charge in [0.2, 0.25) is 5.91 Å². The SMILES string of the molecule is CC(=O)NS(=O)CCC(F)(F)F. The van der Waals surface area contributed by atoms with Crippen molar-refractivity contribution in [1.29, 1.82) is 0 Å². The van der Waals surface area contributed by atoms with Crippen molar-refractivity contribution >= 4 is 16.9 Å². The highest BCUT2D eigenvalue weighted by atomic mass is 32.2. The minimum Gasteiger partial charge on any atom is -0.275 e. The Morgan fingerprint density at radius 3 is 2.33 bits per heavy atom. The van der Waals surface area contributed by atoms with Crippen molar-refractivity contribution in [2.24, 2.45) is 0 Å². The Hall–Kier alpha value is -0.590. The summed E-state index contributed by atoms with van der Waals surface area (Å²) >= 11 is 0. The molecule has 0 aromatic heterocycles. The maximum atomic E-state index is 11.5. The number of nitrogens with one attached hydrogen (secondary N) is 1. The van der Waals surface area contributed by atoms with Crippen LogP contribution in [0.2, 0.25) is 0 Å². The molecule has 0 heterocycles. The topological polar surface area (TPSA) is 46.2 Å². The zero-order valence-corrected chi connectivity index (χ0v) is 7.09. The van der Waals surface area contributed by atoms with E-state index in [0.717, 1.165) is 6.92 Å². The predicted octanol–water partition coefficient (Wildman–Crippen LogP) is 0.739. The minimum atomic E-state index is -4.33. The molecule has 0 aromatic rings. The third kappa shape index (κ3) is 7.52. The summed E-state index contributed by atoms with van der Waals surface area (Å²) in [5.41, 5.74) is 0. The smallest absolute Gasteiger partial charge is 0.275 e. The van der Waals surface area contributed by atoms with Crippen LogP contribution in [0.15, 0.2) is 0 Å².